The average Bonchev–Trinajstić information content (AvgIpc) is 3.02. The maximum Gasteiger partial charge on any atom is 0.223 e. The standard InChI is InChI=1S/C18H17FN2O3S2/c1-21(12-17-20-15-4-2-3-5-16(15)25-17)18(22)10-11-26(23,24)14-8-6-13(19)7-9-14/h2-9H,10-12H2,1H3. The first-order valence-corrected chi connectivity index (χ1v) is 10.4. The van der Waals surface area contributed by atoms with Crippen molar-refractivity contribution in [3.63, 3.8) is 0 Å². The summed E-state index contributed by atoms with van der Waals surface area (Å²) in [6, 6.07) is 12.3. The van der Waals surface area contributed by atoms with Gasteiger partial charge >= 0.3 is 0 Å². The molecule has 0 aliphatic heterocycles. The molecule has 0 atom stereocenters. The van der Waals surface area contributed by atoms with E-state index in [1.165, 1.54) is 28.4 Å². The summed E-state index contributed by atoms with van der Waals surface area (Å²) in [4.78, 5) is 18.2. The molecule has 3 aromatic rings. The van der Waals surface area contributed by atoms with E-state index < -0.39 is 15.7 Å². The van der Waals surface area contributed by atoms with E-state index in [4.69, 9.17) is 0 Å². The normalized spacial score (nSPS) is 11.6. The molecule has 0 N–H and O–H groups in total. The molecule has 3 rings (SSSR count). The number of hydrogen-bond donors (Lipinski definition) is 0. The Hall–Kier alpha value is -2.32. The first-order valence-electron chi connectivity index (χ1n) is 7.92. The number of nitrogens with zero attached hydrogens (tertiary/aromatic N) is 2. The van der Waals surface area contributed by atoms with Crippen molar-refractivity contribution in [3.05, 3.63) is 59.4 Å². The Kier molecular flexibility index (Phi) is 5.33. The molecular weight excluding hydrogens is 375 g/mol. The van der Waals surface area contributed by atoms with Crippen LogP contribution in [0.3, 0.4) is 0 Å². The highest BCUT2D eigenvalue weighted by molar-refractivity contribution is 7.91. The van der Waals surface area contributed by atoms with Crippen LogP contribution in [0.25, 0.3) is 10.2 Å². The summed E-state index contributed by atoms with van der Waals surface area (Å²) < 4.78 is 38.4. The zero-order valence-corrected chi connectivity index (χ0v) is 15.7. The molecule has 1 aromatic heterocycles. The van der Waals surface area contributed by atoms with Gasteiger partial charge in [-0.3, -0.25) is 4.79 Å². The van der Waals surface area contributed by atoms with E-state index in [0.717, 1.165) is 27.4 Å². The summed E-state index contributed by atoms with van der Waals surface area (Å²) in [5, 5.41) is 0.795. The van der Waals surface area contributed by atoms with E-state index in [0.29, 0.717) is 6.54 Å². The van der Waals surface area contributed by atoms with Crippen LogP contribution < -0.4 is 0 Å². The van der Waals surface area contributed by atoms with Crippen LogP contribution in [0, 0.1) is 5.82 Å². The molecule has 1 heterocycles. The average molecular weight is 392 g/mol. The monoisotopic (exact) mass is 392 g/mol. The van der Waals surface area contributed by atoms with Crippen molar-refractivity contribution >= 4 is 37.3 Å². The molecule has 5 nitrogen and oxygen atoms in total. The van der Waals surface area contributed by atoms with Gasteiger partial charge in [0.05, 0.1) is 27.4 Å². The third kappa shape index (κ3) is 4.25. The number of carbonyl (C=O) groups excluding carboxylic acids is 1. The van der Waals surface area contributed by atoms with Gasteiger partial charge in [-0.2, -0.15) is 0 Å². The first kappa shape index (κ1) is 18.5. The van der Waals surface area contributed by atoms with Crippen LogP contribution >= 0.6 is 11.3 Å². The first-order chi connectivity index (χ1) is 12.3. The van der Waals surface area contributed by atoms with Gasteiger partial charge in [-0.25, -0.2) is 17.8 Å². The number of amides is 1. The third-order valence-electron chi connectivity index (χ3n) is 3.89. The molecule has 136 valence electrons. The quantitative estimate of drug-likeness (QED) is 0.604. The van der Waals surface area contributed by atoms with E-state index in [9.17, 15) is 17.6 Å². The van der Waals surface area contributed by atoms with Gasteiger partial charge < -0.3 is 4.90 Å². The number of thiazole rings is 1. The second kappa shape index (κ2) is 7.51. The highest BCUT2D eigenvalue weighted by Crippen LogP contribution is 2.22. The molecule has 0 aliphatic carbocycles. The lowest BCUT2D eigenvalue weighted by Crippen LogP contribution is -2.28. The second-order valence-corrected chi connectivity index (χ2v) is 9.07. The van der Waals surface area contributed by atoms with Gasteiger partial charge in [0, 0.05) is 13.5 Å². The molecule has 0 spiro atoms. The molecule has 26 heavy (non-hydrogen) atoms. The van der Waals surface area contributed by atoms with Gasteiger partial charge in [-0.05, 0) is 36.4 Å². The lowest BCUT2D eigenvalue weighted by atomic mass is 10.3. The topological polar surface area (TPSA) is 67.3 Å². The van der Waals surface area contributed by atoms with E-state index in [1.54, 1.807) is 7.05 Å². The number of halogens is 1. The summed E-state index contributed by atoms with van der Waals surface area (Å²) in [6.45, 7) is 0.328. The minimum absolute atomic E-state index is 0.0144. The summed E-state index contributed by atoms with van der Waals surface area (Å²) in [7, 11) is -2.00. The Bertz CT molecular complexity index is 997. The predicted molar refractivity (Wildman–Crippen MR) is 99.2 cm³/mol. The van der Waals surface area contributed by atoms with Crippen molar-refractivity contribution in [3.8, 4) is 0 Å². The van der Waals surface area contributed by atoms with Gasteiger partial charge in [0.1, 0.15) is 10.8 Å². The van der Waals surface area contributed by atoms with Crippen LogP contribution in [0.5, 0.6) is 0 Å². The lowest BCUT2D eigenvalue weighted by molar-refractivity contribution is -0.130. The van der Waals surface area contributed by atoms with Crippen molar-refractivity contribution < 1.29 is 17.6 Å². The van der Waals surface area contributed by atoms with E-state index in [-0.39, 0.29) is 23.0 Å². The fraction of sp³-hybridized carbons (Fsp3) is 0.222. The summed E-state index contributed by atoms with van der Waals surface area (Å²) in [5.74, 6) is -1.10. The van der Waals surface area contributed by atoms with E-state index in [2.05, 4.69) is 4.98 Å². The highest BCUT2D eigenvalue weighted by Gasteiger charge is 2.19. The maximum atomic E-state index is 12.9. The fourth-order valence-electron chi connectivity index (χ4n) is 2.45. The zero-order valence-electron chi connectivity index (χ0n) is 14.1. The summed E-state index contributed by atoms with van der Waals surface area (Å²) >= 11 is 1.51. The Balaban J connectivity index is 1.61. The molecule has 0 fully saturated rings. The minimum Gasteiger partial charge on any atom is -0.339 e. The second-order valence-electron chi connectivity index (χ2n) is 5.85. The molecule has 0 bridgehead atoms. The van der Waals surface area contributed by atoms with Crippen molar-refractivity contribution in [2.24, 2.45) is 0 Å². The Labute approximate surface area is 155 Å². The van der Waals surface area contributed by atoms with Crippen LogP contribution in [0.4, 0.5) is 4.39 Å². The number of carbonyl (C=O) groups is 1. The van der Waals surface area contributed by atoms with Crippen LogP contribution in [0.1, 0.15) is 11.4 Å². The number of sulfone groups is 1. The largest absolute Gasteiger partial charge is 0.339 e. The number of benzene rings is 2. The maximum absolute atomic E-state index is 12.9. The van der Waals surface area contributed by atoms with Crippen molar-refractivity contribution in [1.29, 1.82) is 0 Å². The molecule has 0 aliphatic rings. The molecule has 0 unspecified atom stereocenters. The number of fused-ring (bicyclic) bond motifs is 1. The molecule has 0 radical (unpaired) electrons. The molecule has 2 aromatic carbocycles. The number of rotatable bonds is 6. The van der Waals surface area contributed by atoms with Gasteiger partial charge in [0.2, 0.25) is 5.91 Å². The van der Waals surface area contributed by atoms with Crippen molar-refractivity contribution in [2.75, 3.05) is 12.8 Å². The Morgan fingerprint density at radius 2 is 1.85 bits per heavy atom. The zero-order chi connectivity index (χ0) is 18.7. The Morgan fingerprint density at radius 1 is 1.15 bits per heavy atom. The van der Waals surface area contributed by atoms with E-state index >= 15 is 0 Å². The summed E-state index contributed by atoms with van der Waals surface area (Å²) in [6.07, 6.45) is -0.138. The molecule has 0 saturated heterocycles. The highest BCUT2D eigenvalue weighted by atomic mass is 32.2. The van der Waals surface area contributed by atoms with Crippen LogP contribution in [0.2, 0.25) is 0 Å². The minimum atomic E-state index is -3.63. The molecule has 0 saturated carbocycles. The molecular formula is C18H17FN2O3S2. The van der Waals surface area contributed by atoms with Crippen molar-refractivity contribution in [2.45, 2.75) is 17.9 Å². The summed E-state index contributed by atoms with van der Waals surface area (Å²) in [5.41, 5.74) is 0.882. The van der Waals surface area contributed by atoms with Crippen LogP contribution in [-0.2, 0) is 21.2 Å². The number of hydrogen-bond acceptors (Lipinski definition) is 5. The Morgan fingerprint density at radius 3 is 2.54 bits per heavy atom. The van der Waals surface area contributed by atoms with Crippen molar-refractivity contribution in [1.82, 2.24) is 9.88 Å². The SMILES string of the molecule is CN(Cc1nc2ccccc2s1)C(=O)CCS(=O)(=O)c1ccc(F)cc1. The number of aromatic nitrogens is 1. The lowest BCUT2D eigenvalue weighted by Gasteiger charge is -2.15. The van der Waals surface area contributed by atoms with Crippen LogP contribution in [0.15, 0.2) is 53.4 Å². The number of para-hydroxylation sites is 1. The van der Waals surface area contributed by atoms with Gasteiger partial charge in [0.25, 0.3) is 0 Å². The van der Waals surface area contributed by atoms with E-state index in [1.807, 2.05) is 24.3 Å². The van der Waals surface area contributed by atoms with Crippen LogP contribution in [-0.4, -0.2) is 37.0 Å². The predicted octanol–water partition coefficient (Wildman–Crippen LogP) is 3.26. The smallest absolute Gasteiger partial charge is 0.223 e. The third-order valence-corrected chi connectivity index (χ3v) is 6.65. The van der Waals surface area contributed by atoms with Gasteiger partial charge in [-0.15, -0.1) is 11.3 Å². The fourth-order valence-corrected chi connectivity index (χ4v) is 4.70. The van der Waals surface area contributed by atoms with Gasteiger partial charge in [-0.1, -0.05) is 12.1 Å². The molecule has 1 amide bonds. The molecule has 8 heteroatoms. The van der Waals surface area contributed by atoms with Gasteiger partial charge in [0.15, 0.2) is 9.84 Å².